The number of hydrogen-bond donors (Lipinski definition) is 2. The molecule has 2 heterocycles. The fourth-order valence-electron chi connectivity index (χ4n) is 2.29. The van der Waals surface area contributed by atoms with E-state index in [4.69, 9.17) is 4.74 Å². The van der Waals surface area contributed by atoms with Crippen molar-refractivity contribution in [1.82, 2.24) is 10.3 Å². The summed E-state index contributed by atoms with van der Waals surface area (Å²) in [7, 11) is 0. The number of nitrogens with zero attached hydrogens (tertiary/aromatic N) is 1. The molecular formula is C16H21N3O2S. The van der Waals surface area contributed by atoms with Crippen LogP contribution in [0.15, 0.2) is 18.2 Å². The molecule has 1 aliphatic rings. The molecule has 0 aliphatic carbocycles. The molecule has 6 heteroatoms. The van der Waals surface area contributed by atoms with E-state index < -0.39 is 0 Å². The highest BCUT2D eigenvalue weighted by atomic mass is 32.1. The van der Waals surface area contributed by atoms with Gasteiger partial charge < -0.3 is 15.4 Å². The summed E-state index contributed by atoms with van der Waals surface area (Å²) < 4.78 is 6.41. The number of carbonyl (C=O) groups excluding carboxylic acids is 1. The number of benzene rings is 1. The highest BCUT2D eigenvalue weighted by Crippen LogP contribution is 2.32. The molecule has 2 aromatic rings. The summed E-state index contributed by atoms with van der Waals surface area (Å²) in [5.41, 5.74) is 1.82. The number of fused-ring (bicyclic) bond motifs is 1. The van der Waals surface area contributed by atoms with Gasteiger partial charge in [-0.05, 0) is 18.2 Å². The van der Waals surface area contributed by atoms with E-state index in [9.17, 15) is 4.79 Å². The van der Waals surface area contributed by atoms with Crippen molar-refractivity contribution in [3.05, 3.63) is 23.2 Å². The summed E-state index contributed by atoms with van der Waals surface area (Å²) in [5, 5.41) is 7.21. The van der Waals surface area contributed by atoms with Crippen LogP contribution in [0.25, 0.3) is 10.2 Å². The molecule has 1 fully saturated rings. The summed E-state index contributed by atoms with van der Waals surface area (Å²) >= 11 is 1.68. The molecule has 0 spiro atoms. The van der Waals surface area contributed by atoms with Gasteiger partial charge in [0.25, 0.3) is 0 Å². The van der Waals surface area contributed by atoms with E-state index in [2.05, 4.69) is 36.4 Å². The fraction of sp³-hybridized carbons (Fsp3) is 0.500. The second-order valence-corrected chi connectivity index (χ2v) is 7.55. The number of aromatic nitrogens is 1. The third-order valence-electron chi connectivity index (χ3n) is 3.54. The van der Waals surface area contributed by atoms with Crippen molar-refractivity contribution in [2.24, 2.45) is 0 Å². The minimum atomic E-state index is -0.281. The summed E-state index contributed by atoms with van der Waals surface area (Å²) in [6.07, 6.45) is 0. The largest absolute Gasteiger partial charge is 0.378 e. The summed E-state index contributed by atoms with van der Waals surface area (Å²) in [5.74, 6) is -0.0559. The van der Waals surface area contributed by atoms with Gasteiger partial charge >= 0.3 is 0 Å². The summed E-state index contributed by atoms with van der Waals surface area (Å²) in [6.45, 7) is 8.25. The monoisotopic (exact) mass is 319 g/mol. The molecule has 1 saturated heterocycles. The number of rotatable bonds is 2. The maximum atomic E-state index is 12.2. The fourth-order valence-corrected chi connectivity index (χ4v) is 3.35. The van der Waals surface area contributed by atoms with E-state index in [1.165, 1.54) is 0 Å². The predicted octanol–water partition coefficient (Wildman–Crippen LogP) is 2.52. The van der Waals surface area contributed by atoms with E-state index in [0.29, 0.717) is 19.8 Å². The van der Waals surface area contributed by atoms with E-state index in [-0.39, 0.29) is 17.4 Å². The Morgan fingerprint density at radius 2 is 2.27 bits per heavy atom. The lowest BCUT2D eigenvalue weighted by atomic mass is 9.98. The van der Waals surface area contributed by atoms with Crippen LogP contribution in [-0.2, 0) is 14.9 Å². The zero-order valence-corrected chi connectivity index (χ0v) is 13.9. The molecule has 0 radical (unpaired) electrons. The van der Waals surface area contributed by atoms with Gasteiger partial charge in [0.1, 0.15) is 6.04 Å². The molecule has 1 aromatic heterocycles. The Labute approximate surface area is 134 Å². The van der Waals surface area contributed by atoms with Gasteiger partial charge in [0.2, 0.25) is 5.91 Å². The van der Waals surface area contributed by atoms with Crippen molar-refractivity contribution in [3.8, 4) is 0 Å². The second-order valence-electron chi connectivity index (χ2n) is 6.52. The minimum absolute atomic E-state index is 0.0381. The Balaban J connectivity index is 1.78. The van der Waals surface area contributed by atoms with Crippen molar-refractivity contribution in [2.45, 2.75) is 32.2 Å². The average Bonchev–Trinajstić information content (AvgIpc) is 2.91. The van der Waals surface area contributed by atoms with Crippen LogP contribution in [0.4, 0.5) is 5.69 Å². The lowest BCUT2D eigenvalue weighted by Crippen LogP contribution is -2.48. The number of amides is 1. The number of anilines is 1. The van der Waals surface area contributed by atoms with Crippen molar-refractivity contribution < 1.29 is 9.53 Å². The van der Waals surface area contributed by atoms with Crippen molar-refractivity contribution in [2.75, 3.05) is 25.1 Å². The quantitative estimate of drug-likeness (QED) is 0.893. The first-order valence-corrected chi connectivity index (χ1v) is 8.28. The summed E-state index contributed by atoms with van der Waals surface area (Å²) in [4.78, 5) is 16.9. The minimum Gasteiger partial charge on any atom is -0.378 e. The molecule has 1 atom stereocenters. The van der Waals surface area contributed by atoms with Gasteiger partial charge in [-0.25, -0.2) is 4.98 Å². The SMILES string of the molecule is CC(C)(C)c1nc2ccc(NC(=O)C3COCCN3)cc2s1. The van der Waals surface area contributed by atoms with E-state index in [0.717, 1.165) is 20.9 Å². The van der Waals surface area contributed by atoms with Crippen molar-refractivity contribution in [1.29, 1.82) is 0 Å². The van der Waals surface area contributed by atoms with E-state index in [1.807, 2.05) is 18.2 Å². The van der Waals surface area contributed by atoms with Gasteiger partial charge in [-0.2, -0.15) is 0 Å². The lowest BCUT2D eigenvalue weighted by molar-refractivity contribution is -0.120. The standard InChI is InChI=1S/C16H21N3O2S/c1-16(2,3)15-19-11-5-4-10(8-13(11)22-15)18-14(20)12-9-21-7-6-17-12/h4-5,8,12,17H,6-7,9H2,1-3H3,(H,18,20). The van der Waals surface area contributed by atoms with E-state index in [1.54, 1.807) is 11.3 Å². The normalized spacial score (nSPS) is 19.3. The van der Waals surface area contributed by atoms with Crippen molar-refractivity contribution >= 4 is 33.1 Å². The lowest BCUT2D eigenvalue weighted by Gasteiger charge is -2.22. The molecule has 1 aliphatic heterocycles. The molecule has 1 amide bonds. The Morgan fingerprint density at radius 3 is 2.95 bits per heavy atom. The van der Waals surface area contributed by atoms with Crippen LogP contribution in [0, 0.1) is 0 Å². The number of morpholine rings is 1. The molecule has 2 N–H and O–H groups in total. The summed E-state index contributed by atoms with van der Waals surface area (Å²) in [6, 6.07) is 5.57. The number of carbonyl (C=O) groups is 1. The van der Waals surface area contributed by atoms with Gasteiger partial charge in [0, 0.05) is 17.6 Å². The number of ether oxygens (including phenoxy) is 1. The van der Waals surface area contributed by atoms with Crippen LogP contribution in [-0.4, -0.2) is 36.7 Å². The topological polar surface area (TPSA) is 63.2 Å². The Kier molecular flexibility index (Phi) is 4.16. The molecule has 3 rings (SSSR count). The van der Waals surface area contributed by atoms with Crippen LogP contribution in [0.1, 0.15) is 25.8 Å². The molecule has 0 saturated carbocycles. The maximum absolute atomic E-state index is 12.2. The van der Waals surface area contributed by atoms with Crippen molar-refractivity contribution in [3.63, 3.8) is 0 Å². The van der Waals surface area contributed by atoms with Crippen LogP contribution in [0.5, 0.6) is 0 Å². The molecule has 22 heavy (non-hydrogen) atoms. The number of nitrogens with one attached hydrogen (secondary N) is 2. The molecule has 1 aromatic carbocycles. The molecule has 5 nitrogen and oxygen atoms in total. The first-order chi connectivity index (χ1) is 10.4. The van der Waals surface area contributed by atoms with Crippen LogP contribution in [0.3, 0.4) is 0 Å². The first-order valence-electron chi connectivity index (χ1n) is 7.46. The van der Waals surface area contributed by atoms with E-state index >= 15 is 0 Å². The zero-order chi connectivity index (χ0) is 15.7. The molecular weight excluding hydrogens is 298 g/mol. The van der Waals surface area contributed by atoms with Crippen LogP contribution < -0.4 is 10.6 Å². The van der Waals surface area contributed by atoms with Gasteiger partial charge in [-0.3, -0.25) is 4.79 Å². The Bertz CT molecular complexity index is 684. The highest BCUT2D eigenvalue weighted by Gasteiger charge is 2.22. The Hall–Kier alpha value is -1.50. The number of thiazole rings is 1. The maximum Gasteiger partial charge on any atom is 0.243 e. The third-order valence-corrected chi connectivity index (χ3v) is 4.98. The Morgan fingerprint density at radius 1 is 1.45 bits per heavy atom. The van der Waals surface area contributed by atoms with Crippen LogP contribution >= 0.6 is 11.3 Å². The molecule has 1 unspecified atom stereocenters. The average molecular weight is 319 g/mol. The molecule has 118 valence electrons. The third kappa shape index (κ3) is 3.29. The van der Waals surface area contributed by atoms with Gasteiger partial charge in [-0.15, -0.1) is 11.3 Å². The smallest absolute Gasteiger partial charge is 0.243 e. The zero-order valence-electron chi connectivity index (χ0n) is 13.1. The van der Waals surface area contributed by atoms with Gasteiger partial charge in [0.15, 0.2) is 0 Å². The first kappa shape index (κ1) is 15.4. The molecule has 0 bridgehead atoms. The second kappa shape index (κ2) is 5.95. The highest BCUT2D eigenvalue weighted by molar-refractivity contribution is 7.18. The predicted molar refractivity (Wildman–Crippen MR) is 89.6 cm³/mol. The van der Waals surface area contributed by atoms with Gasteiger partial charge in [-0.1, -0.05) is 20.8 Å². The number of hydrogen-bond acceptors (Lipinski definition) is 5. The van der Waals surface area contributed by atoms with Crippen LogP contribution in [0.2, 0.25) is 0 Å². The van der Waals surface area contributed by atoms with Gasteiger partial charge in [0.05, 0.1) is 28.4 Å².